The Morgan fingerprint density at radius 3 is 1.74 bits per heavy atom. The summed E-state index contributed by atoms with van der Waals surface area (Å²) in [5.41, 5.74) is 11.1. The van der Waals surface area contributed by atoms with E-state index in [1.165, 1.54) is 0 Å². The van der Waals surface area contributed by atoms with Crippen LogP contribution in [0.2, 0.25) is 0 Å². The first-order chi connectivity index (χ1) is 9.16. The van der Waals surface area contributed by atoms with Gasteiger partial charge >= 0.3 is 0 Å². The van der Waals surface area contributed by atoms with E-state index in [1.54, 1.807) is 12.5 Å². The van der Waals surface area contributed by atoms with Gasteiger partial charge in [0, 0.05) is 18.4 Å². The van der Waals surface area contributed by atoms with Crippen molar-refractivity contribution in [1.29, 1.82) is 0 Å². The minimum absolute atomic E-state index is 0.182. The average Bonchev–Trinajstić information content (AvgIpc) is 2.95. The first-order valence-corrected chi connectivity index (χ1v) is 7.17. The van der Waals surface area contributed by atoms with Crippen LogP contribution in [0.25, 0.3) is 0 Å². The zero-order valence-corrected chi connectivity index (χ0v) is 14.1. The van der Waals surface area contributed by atoms with Gasteiger partial charge in [-0.1, -0.05) is 48.5 Å². The Bertz CT molecular complexity index is 226. The zero-order chi connectivity index (χ0) is 16.1. The molecule has 1 heterocycles. The Labute approximate surface area is 119 Å². The van der Waals surface area contributed by atoms with E-state index in [2.05, 4.69) is 15.0 Å². The molecular formula is C14H35N5. The second kappa shape index (κ2) is 30.0. The Balaban J connectivity index is -0.0000000854. The molecule has 5 N–H and O–H groups in total. The number of hydrogen-bond donors (Lipinski definition) is 3. The normalized spacial score (nSPS) is 6.74. The fourth-order valence-electron chi connectivity index (χ4n) is 0.566. The summed E-state index contributed by atoms with van der Waals surface area (Å²) in [7, 11) is 0. The molecule has 1 rings (SSSR count). The lowest BCUT2D eigenvalue weighted by molar-refractivity contribution is 0.927. The standard InChI is InChI=1S/C4H11N3.C4H6N2.3C2H6/c1-2-3-7-4(5)6;1-4-2-5-3-6-4;3*1-2/h2-3H2,1H3,(H4,5,6,7);2-3H,1H3,(H,5,6);3*1-2H3. The van der Waals surface area contributed by atoms with Gasteiger partial charge in [0.25, 0.3) is 0 Å². The van der Waals surface area contributed by atoms with Gasteiger partial charge in [-0.2, -0.15) is 0 Å². The number of guanidine groups is 1. The van der Waals surface area contributed by atoms with E-state index in [1.807, 2.05) is 55.4 Å². The van der Waals surface area contributed by atoms with Crippen LogP contribution in [-0.4, -0.2) is 22.5 Å². The monoisotopic (exact) mass is 273 g/mol. The lowest BCUT2D eigenvalue weighted by Gasteiger charge is -1.86. The topological polar surface area (TPSA) is 93.1 Å². The molecule has 0 aliphatic carbocycles. The van der Waals surface area contributed by atoms with Gasteiger partial charge in [-0.3, -0.25) is 4.99 Å². The predicted molar refractivity (Wildman–Crippen MR) is 88.3 cm³/mol. The van der Waals surface area contributed by atoms with Crippen molar-refractivity contribution in [2.45, 2.75) is 61.8 Å². The number of aromatic nitrogens is 2. The molecule has 116 valence electrons. The number of aromatic amines is 1. The molecule has 0 atom stereocenters. The molecule has 19 heavy (non-hydrogen) atoms. The van der Waals surface area contributed by atoms with Gasteiger partial charge in [-0.05, 0) is 13.3 Å². The Morgan fingerprint density at radius 2 is 1.63 bits per heavy atom. The SMILES string of the molecule is CC.CC.CC.CCCN=C(N)N.Cc1cnc[nH]1. The highest BCUT2D eigenvalue weighted by Crippen LogP contribution is 1.81. The largest absolute Gasteiger partial charge is 0.370 e. The number of rotatable bonds is 2. The van der Waals surface area contributed by atoms with Crippen molar-refractivity contribution in [3.8, 4) is 0 Å². The lowest BCUT2D eigenvalue weighted by atomic mass is 10.5. The molecular weight excluding hydrogens is 238 g/mol. The smallest absolute Gasteiger partial charge is 0.185 e. The molecule has 0 bridgehead atoms. The van der Waals surface area contributed by atoms with Crippen LogP contribution in [0.1, 0.15) is 60.6 Å². The van der Waals surface area contributed by atoms with Crippen molar-refractivity contribution in [1.82, 2.24) is 9.97 Å². The van der Waals surface area contributed by atoms with Crippen LogP contribution in [0.15, 0.2) is 17.5 Å². The maximum Gasteiger partial charge on any atom is 0.185 e. The number of nitrogens with zero attached hydrogens (tertiary/aromatic N) is 2. The van der Waals surface area contributed by atoms with Gasteiger partial charge in [0.15, 0.2) is 5.96 Å². The summed E-state index contributed by atoms with van der Waals surface area (Å²) in [6.07, 6.45) is 4.44. The Kier molecular flexibility index (Phi) is 41.2. The average molecular weight is 273 g/mol. The van der Waals surface area contributed by atoms with Crippen molar-refractivity contribution < 1.29 is 0 Å². The third-order valence-corrected chi connectivity index (χ3v) is 1.15. The van der Waals surface area contributed by atoms with E-state index in [0.717, 1.165) is 18.7 Å². The van der Waals surface area contributed by atoms with Crippen LogP contribution >= 0.6 is 0 Å². The molecule has 5 nitrogen and oxygen atoms in total. The molecule has 0 saturated heterocycles. The van der Waals surface area contributed by atoms with Gasteiger partial charge in [0.05, 0.1) is 6.33 Å². The fraction of sp³-hybridized carbons (Fsp3) is 0.714. The first-order valence-electron chi connectivity index (χ1n) is 7.17. The molecule has 1 aromatic heterocycles. The second-order valence-corrected chi connectivity index (χ2v) is 2.54. The molecule has 0 radical (unpaired) electrons. The van der Waals surface area contributed by atoms with E-state index < -0.39 is 0 Å². The lowest BCUT2D eigenvalue weighted by Crippen LogP contribution is -2.22. The van der Waals surface area contributed by atoms with Crippen molar-refractivity contribution in [2.75, 3.05) is 6.54 Å². The summed E-state index contributed by atoms with van der Waals surface area (Å²) in [5, 5.41) is 0. The van der Waals surface area contributed by atoms with Crippen LogP contribution in [0.3, 0.4) is 0 Å². The number of aryl methyl sites for hydroxylation is 1. The zero-order valence-electron chi connectivity index (χ0n) is 14.1. The molecule has 0 amide bonds. The highest BCUT2D eigenvalue weighted by molar-refractivity contribution is 5.75. The number of imidazole rings is 1. The van der Waals surface area contributed by atoms with Crippen LogP contribution in [0, 0.1) is 6.92 Å². The minimum Gasteiger partial charge on any atom is -0.370 e. The van der Waals surface area contributed by atoms with E-state index in [-0.39, 0.29) is 5.96 Å². The van der Waals surface area contributed by atoms with Crippen LogP contribution in [0.5, 0.6) is 0 Å². The number of nitrogens with one attached hydrogen (secondary N) is 1. The summed E-state index contributed by atoms with van der Waals surface area (Å²) in [6.45, 7) is 16.7. The van der Waals surface area contributed by atoms with E-state index in [9.17, 15) is 0 Å². The van der Waals surface area contributed by atoms with E-state index >= 15 is 0 Å². The molecule has 0 aromatic carbocycles. The first kappa shape index (κ1) is 26.1. The summed E-state index contributed by atoms with van der Waals surface area (Å²) < 4.78 is 0. The molecule has 0 unspecified atom stereocenters. The number of H-pyrrole nitrogens is 1. The number of aliphatic imine (C=N–C) groups is 1. The van der Waals surface area contributed by atoms with E-state index in [0.29, 0.717) is 0 Å². The number of nitrogens with two attached hydrogens (primary N) is 2. The van der Waals surface area contributed by atoms with Crippen LogP contribution in [0.4, 0.5) is 0 Å². The predicted octanol–water partition coefficient (Wildman–Crippen LogP) is 3.47. The van der Waals surface area contributed by atoms with Gasteiger partial charge < -0.3 is 16.5 Å². The quantitative estimate of drug-likeness (QED) is 0.569. The van der Waals surface area contributed by atoms with Gasteiger partial charge in [-0.15, -0.1) is 0 Å². The summed E-state index contributed by atoms with van der Waals surface area (Å²) in [6, 6.07) is 0. The van der Waals surface area contributed by atoms with Crippen LogP contribution < -0.4 is 11.5 Å². The third kappa shape index (κ3) is 38.4. The maximum absolute atomic E-state index is 5.01. The van der Waals surface area contributed by atoms with Gasteiger partial charge in [-0.25, -0.2) is 4.98 Å². The molecule has 0 aliphatic rings. The summed E-state index contributed by atoms with van der Waals surface area (Å²) >= 11 is 0. The fourth-order valence-corrected chi connectivity index (χ4v) is 0.566. The third-order valence-electron chi connectivity index (χ3n) is 1.15. The molecule has 0 spiro atoms. The van der Waals surface area contributed by atoms with Gasteiger partial charge in [0.2, 0.25) is 0 Å². The minimum atomic E-state index is 0.182. The molecule has 0 saturated carbocycles. The van der Waals surface area contributed by atoms with E-state index in [4.69, 9.17) is 11.5 Å². The van der Waals surface area contributed by atoms with Crippen molar-refractivity contribution in [3.63, 3.8) is 0 Å². The van der Waals surface area contributed by atoms with Gasteiger partial charge in [0.1, 0.15) is 0 Å². The highest BCUT2D eigenvalue weighted by Gasteiger charge is 1.74. The summed E-state index contributed by atoms with van der Waals surface area (Å²) in [5.74, 6) is 0.182. The van der Waals surface area contributed by atoms with Crippen molar-refractivity contribution >= 4 is 5.96 Å². The van der Waals surface area contributed by atoms with Crippen LogP contribution in [-0.2, 0) is 0 Å². The highest BCUT2D eigenvalue weighted by atomic mass is 15.0. The molecule has 1 aromatic rings. The Morgan fingerprint density at radius 1 is 1.16 bits per heavy atom. The molecule has 0 fully saturated rings. The van der Waals surface area contributed by atoms with Crippen molar-refractivity contribution in [2.24, 2.45) is 16.5 Å². The second-order valence-electron chi connectivity index (χ2n) is 2.54. The molecule has 0 aliphatic heterocycles. The molecule has 5 heteroatoms. The summed E-state index contributed by atoms with van der Waals surface area (Å²) in [4.78, 5) is 10.4. The maximum atomic E-state index is 5.01. The Hall–Kier alpha value is -1.52. The van der Waals surface area contributed by atoms with Crippen molar-refractivity contribution in [3.05, 3.63) is 18.2 Å². The number of hydrogen-bond acceptors (Lipinski definition) is 2.